The SMILES string of the molecule is CC(C)(C)OC(=O)N(C(=O)OC(C)(C)C)c1nc(N(C(=O)OC(C)(C)C)C(=O)OC(C)(C)C)c2c(=O)n(C(=O)OC(C)(C)C)c(=O)n(CCCO)c2n1. The fourth-order valence-corrected chi connectivity index (χ4v) is 4.10. The number of aromatic nitrogens is 4. The quantitative estimate of drug-likeness (QED) is 0.373. The van der Waals surface area contributed by atoms with Gasteiger partial charge in [0.15, 0.2) is 11.5 Å². The highest BCUT2D eigenvalue weighted by Crippen LogP contribution is 2.29. The summed E-state index contributed by atoms with van der Waals surface area (Å²) in [7, 11) is 0. The predicted octanol–water partition coefficient (Wildman–Crippen LogP) is 5.47. The smallest absolute Gasteiger partial charge is 0.427 e. The van der Waals surface area contributed by atoms with Gasteiger partial charge in [-0.3, -0.25) is 9.36 Å². The van der Waals surface area contributed by atoms with Crippen molar-refractivity contribution in [1.29, 1.82) is 0 Å². The number of nitrogens with zero attached hydrogens (tertiary/aromatic N) is 6. The molecule has 0 aliphatic rings. The molecular weight excluding hydrogens is 700 g/mol. The summed E-state index contributed by atoms with van der Waals surface area (Å²) in [5.74, 6) is -1.90. The fraction of sp³-hybridized carbons (Fsp3) is 0.676. The predicted molar refractivity (Wildman–Crippen MR) is 191 cm³/mol. The first-order valence-corrected chi connectivity index (χ1v) is 16.7. The van der Waals surface area contributed by atoms with E-state index in [4.69, 9.17) is 23.7 Å². The molecule has 19 nitrogen and oxygen atoms in total. The van der Waals surface area contributed by atoms with Gasteiger partial charge in [0, 0.05) is 13.2 Å². The van der Waals surface area contributed by atoms with Crippen LogP contribution in [0.3, 0.4) is 0 Å². The average Bonchev–Trinajstić information content (AvgIpc) is 2.87. The number of fused-ring (bicyclic) bond motifs is 1. The van der Waals surface area contributed by atoms with E-state index in [0.717, 1.165) is 4.57 Å². The second-order valence-corrected chi connectivity index (χ2v) is 16.8. The number of hydrogen-bond donors (Lipinski definition) is 1. The molecule has 53 heavy (non-hydrogen) atoms. The molecular formula is C34H52N6O13. The van der Waals surface area contributed by atoms with Crippen molar-refractivity contribution in [3.63, 3.8) is 0 Å². The summed E-state index contributed by atoms with van der Waals surface area (Å²) >= 11 is 0. The Kier molecular flexibility index (Phi) is 12.9. The Labute approximate surface area is 307 Å². The third-order valence-corrected chi connectivity index (χ3v) is 5.79. The monoisotopic (exact) mass is 752 g/mol. The van der Waals surface area contributed by atoms with Gasteiger partial charge in [-0.1, -0.05) is 0 Å². The molecule has 0 saturated carbocycles. The van der Waals surface area contributed by atoms with E-state index < -0.39 is 106 Å². The Morgan fingerprint density at radius 2 is 0.981 bits per heavy atom. The van der Waals surface area contributed by atoms with Crippen LogP contribution in [-0.4, -0.2) is 89.3 Å². The van der Waals surface area contributed by atoms with Crippen molar-refractivity contribution in [2.45, 2.75) is 145 Å². The van der Waals surface area contributed by atoms with Crippen molar-refractivity contribution >= 4 is 53.3 Å². The third kappa shape index (κ3) is 12.3. The van der Waals surface area contributed by atoms with E-state index in [1.54, 1.807) is 0 Å². The van der Waals surface area contributed by atoms with Crippen LogP contribution in [0.4, 0.5) is 35.7 Å². The summed E-state index contributed by atoms with van der Waals surface area (Å²) < 4.78 is 28.1. The van der Waals surface area contributed by atoms with Crippen molar-refractivity contribution in [1.82, 2.24) is 19.1 Å². The first-order chi connectivity index (χ1) is 23.8. The van der Waals surface area contributed by atoms with E-state index in [2.05, 4.69) is 9.97 Å². The molecule has 19 heteroatoms. The van der Waals surface area contributed by atoms with Gasteiger partial charge in [-0.15, -0.1) is 4.90 Å². The zero-order chi connectivity index (χ0) is 41.2. The highest BCUT2D eigenvalue weighted by atomic mass is 16.6. The molecule has 2 aromatic heterocycles. The second-order valence-electron chi connectivity index (χ2n) is 16.8. The number of imide groups is 2. The van der Waals surface area contributed by atoms with Crippen molar-refractivity contribution in [3.8, 4) is 0 Å². The van der Waals surface area contributed by atoms with Crippen LogP contribution in [-0.2, 0) is 30.2 Å². The molecule has 0 atom stereocenters. The zero-order valence-corrected chi connectivity index (χ0v) is 33.2. The van der Waals surface area contributed by atoms with Crippen molar-refractivity contribution in [2.24, 2.45) is 0 Å². The highest BCUT2D eigenvalue weighted by Gasteiger charge is 2.41. The minimum atomic E-state index is -1.46. The summed E-state index contributed by atoms with van der Waals surface area (Å²) in [6, 6.07) is 0. The first-order valence-electron chi connectivity index (χ1n) is 16.7. The number of aliphatic hydroxyl groups is 1. The second kappa shape index (κ2) is 15.5. The molecule has 0 aliphatic carbocycles. The number of hydrogen-bond acceptors (Lipinski definition) is 15. The first kappa shape index (κ1) is 44.1. The Balaban J connectivity index is 3.42. The molecule has 296 valence electrons. The summed E-state index contributed by atoms with van der Waals surface area (Å²) in [4.78, 5) is 106. The maximum Gasteiger partial charge on any atom is 0.427 e. The number of aliphatic hydroxyl groups excluding tert-OH is 1. The molecule has 0 aliphatic heterocycles. The van der Waals surface area contributed by atoms with Crippen molar-refractivity contribution in [2.75, 3.05) is 16.4 Å². The van der Waals surface area contributed by atoms with E-state index in [0.29, 0.717) is 0 Å². The molecule has 2 rings (SSSR count). The largest absolute Gasteiger partial charge is 0.443 e. The van der Waals surface area contributed by atoms with Gasteiger partial charge in [-0.05, 0) is 110 Å². The molecule has 0 radical (unpaired) electrons. The molecule has 0 aromatic carbocycles. The molecule has 0 bridgehead atoms. The van der Waals surface area contributed by atoms with Crippen molar-refractivity contribution in [3.05, 3.63) is 20.8 Å². The summed E-state index contributed by atoms with van der Waals surface area (Å²) in [5, 5.41) is 8.90. The third-order valence-electron chi connectivity index (χ3n) is 5.79. The number of amides is 4. The molecule has 4 amide bonds. The number of ether oxygens (including phenoxy) is 5. The standard InChI is InChI=1S/C34H52N6O13/c1-30(2,3)49-25(44)38(26(45)50-31(4,5)6)21-19-20(37(17-16-18-41)24(43)39(22(19)42)27(46)51-32(7,8)9)35-23(36-21)40(28(47)52-33(10,11)12)29(48)53-34(13,14)15/h41H,16-18H2,1-15H3. The minimum absolute atomic E-state index is 0.0966. The minimum Gasteiger partial charge on any atom is -0.443 e. The van der Waals surface area contributed by atoms with Crippen LogP contribution in [0, 0.1) is 0 Å². The van der Waals surface area contributed by atoms with Gasteiger partial charge in [-0.25, -0.2) is 28.8 Å². The Hall–Kier alpha value is -5.07. The van der Waals surface area contributed by atoms with E-state index >= 15 is 0 Å². The lowest BCUT2D eigenvalue weighted by molar-refractivity contribution is 0.0411. The molecule has 0 spiro atoms. The Morgan fingerprint density at radius 1 is 0.604 bits per heavy atom. The van der Waals surface area contributed by atoms with Gasteiger partial charge < -0.3 is 28.8 Å². The van der Waals surface area contributed by atoms with E-state index in [-0.39, 0.29) is 20.8 Å². The Bertz CT molecular complexity index is 1810. The van der Waals surface area contributed by atoms with E-state index in [1.807, 2.05) is 0 Å². The fourth-order valence-electron chi connectivity index (χ4n) is 4.10. The number of rotatable bonds is 5. The maximum absolute atomic E-state index is 14.4. The van der Waals surface area contributed by atoms with Gasteiger partial charge in [0.05, 0.1) is 0 Å². The number of carbonyl (C=O) groups excluding carboxylic acids is 5. The lowest BCUT2D eigenvalue weighted by Crippen LogP contribution is -2.49. The van der Waals surface area contributed by atoms with Crippen LogP contribution in [0.2, 0.25) is 0 Å². The van der Waals surface area contributed by atoms with Gasteiger partial charge in [0.1, 0.15) is 33.4 Å². The number of anilines is 2. The Morgan fingerprint density at radius 3 is 1.34 bits per heavy atom. The average molecular weight is 753 g/mol. The molecule has 2 heterocycles. The molecule has 0 saturated heterocycles. The van der Waals surface area contributed by atoms with Crippen LogP contribution in [0.15, 0.2) is 9.59 Å². The van der Waals surface area contributed by atoms with Crippen LogP contribution < -0.4 is 21.0 Å². The van der Waals surface area contributed by atoms with Gasteiger partial charge in [0.2, 0.25) is 5.95 Å². The molecule has 1 N–H and O–H groups in total. The maximum atomic E-state index is 14.4. The van der Waals surface area contributed by atoms with Crippen LogP contribution in [0.5, 0.6) is 0 Å². The van der Waals surface area contributed by atoms with Crippen molar-refractivity contribution < 1.29 is 52.8 Å². The molecule has 0 fully saturated rings. The summed E-state index contributed by atoms with van der Waals surface area (Å²) in [5.41, 5.74) is -9.60. The lowest BCUT2D eigenvalue weighted by atomic mass is 10.2. The van der Waals surface area contributed by atoms with Crippen LogP contribution >= 0.6 is 0 Å². The summed E-state index contributed by atoms with van der Waals surface area (Å²) in [6.07, 6.45) is -7.26. The topological polar surface area (TPSA) is 228 Å². The van der Waals surface area contributed by atoms with Gasteiger partial charge >= 0.3 is 36.2 Å². The molecule has 0 unspecified atom stereocenters. The van der Waals surface area contributed by atoms with Crippen LogP contribution in [0.25, 0.3) is 11.0 Å². The van der Waals surface area contributed by atoms with E-state index in [9.17, 15) is 38.7 Å². The highest BCUT2D eigenvalue weighted by molar-refractivity contribution is 6.14. The number of carbonyl (C=O) groups is 5. The number of aryl methyl sites for hydroxylation is 1. The lowest BCUT2D eigenvalue weighted by Gasteiger charge is -2.30. The summed E-state index contributed by atoms with van der Waals surface area (Å²) in [6.45, 7) is 21.4. The van der Waals surface area contributed by atoms with Gasteiger partial charge in [-0.2, -0.15) is 19.4 Å². The van der Waals surface area contributed by atoms with E-state index in [1.165, 1.54) is 104 Å². The molecule has 2 aromatic rings. The van der Waals surface area contributed by atoms with Crippen LogP contribution in [0.1, 0.15) is 110 Å². The zero-order valence-electron chi connectivity index (χ0n) is 33.2. The van der Waals surface area contributed by atoms with Gasteiger partial charge in [0.25, 0.3) is 5.56 Å². The normalized spacial score (nSPS) is 12.5.